The molecular formula is C20H30N2O4S. The zero-order chi connectivity index (χ0) is 19.9. The van der Waals surface area contributed by atoms with Crippen LogP contribution in [0.3, 0.4) is 0 Å². The van der Waals surface area contributed by atoms with Gasteiger partial charge in [-0.1, -0.05) is 31.9 Å². The number of hydrogen-bond acceptors (Lipinski definition) is 4. The predicted molar refractivity (Wildman–Crippen MR) is 105 cm³/mol. The van der Waals surface area contributed by atoms with E-state index >= 15 is 0 Å². The van der Waals surface area contributed by atoms with Crippen LogP contribution in [0.25, 0.3) is 0 Å². The van der Waals surface area contributed by atoms with Gasteiger partial charge in [0.15, 0.2) is 5.78 Å². The molecule has 1 aromatic carbocycles. The number of amides is 1. The number of nitrogens with zero attached hydrogens (tertiary/aromatic N) is 1. The number of sulfonamides is 1. The lowest BCUT2D eigenvalue weighted by molar-refractivity contribution is -0.131. The molecule has 0 aliphatic carbocycles. The monoisotopic (exact) mass is 394 g/mol. The lowest BCUT2D eigenvalue weighted by Crippen LogP contribution is -2.35. The second-order valence-corrected chi connectivity index (χ2v) is 8.96. The Bertz CT molecular complexity index is 744. The molecular weight excluding hydrogens is 364 g/mol. The molecule has 27 heavy (non-hydrogen) atoms. The lowest BCUT2D eigenvalue weighted by atomic mass is 9.96. The van der Waals surface area contributed by atoms with Crippen LogP contribution in [-0.4, -0.2) is 44.6 Å². The topological polar surface area (TPSA) is 83.6 Å². The predicted octanol–water partition coefficient (Wildman–Crippen LogP) is 2.99. The van der Waals surface area contributed by atoms with Gasteiger partial charge in [0.25, 0.3) is 0 Å². The SMILES string of the molecule is CCCC1CCCN(C(=O)CCNS(=O)(=O)c2ccc(C(C)=O)cc2)CC1. The molecule has 1 N–H and O–H groups in total. The molecule has 7 heteroatoms. The van der Waals surface area contributed by atoms with Crippen molar-refractivity contribution >= 4 is 21.7 Å². The van der Waals surface area contributed by atoms with Crippen molar-refractivity contribution in [2.45, 2.75) is 57.3 Å². The summed E-state index contributed by atoms with van der Waals surface area (Å²) in [6, 6.07) is 5.80. The first-order valence-corrected chi connectivity index (χ1v) is 11.2. The molecule has 6 nitrogen and oxygen atoms in total. The Morgan fingerprint density at radius 1 is 1.15 bits per heavy atom. The Balaban J connectivity index is 1.83. The van der Waals surface area contributed by atoms with Crippen molar-refractivity contribution in [1.29, 1.82) is 0 Å². The number of rotatable bonds is 8. The highest BCUT2D eigenvalue weighted by atomic mass is 32.2. The Morgan fingerprint density at radius 3 is 2.48 bits per heavy atom. The summed E-state index contributed by atoms with van der Waals surface area (Å²) in [4.78, 5) is 25.6. The van der Waals surface area contributed by atoms with Crippen molar-refractivity contribution in [3.05, 3.63) is 29.8 Å². The number of carbonyl (C=O) groups excluding carboxylic acids is 2. The molecule has 1 aliphatic heterocycles. The highest BCUT2D eigenvalue weighted by Gasteiger charge is 2.21. The van der Waals surface area contributed by atoms with Gasteiger partial charge < -0.3 is 4.90 Å². The van der Waals surface area contributed by atoms with Crippen LogP contribution in [0.4, 0.5) is 0 Å². The largest absolute Gasteiger partial charge is 0.343 e. The average molecular weight is 395 g/mol. The van der Waals surface area contributed by atoms with Crippen LogP contribution in [0.1, 0.15) is 62.7 Å². The molecule has 1 fully saturated rings. The van der Waals surface area contributed by atoms with Crippen LogP contribution in [0, 0.1) is 5.92 Å². The summed E-state index contributed by atoms with van der Waals surface area (Å²) in [5, 5.41) is 0. The van der Waals surface area contributed by atoms with E-state index in [0.717, 1.165) is 25.9 Å². The van der Waals surface area contributed by atoms with Crippen molar-refractivity contribution in [2.24, 2.45) is 5.92 Å². The lowest BCUT2D eigenvalue weighted by Gasteiger charge is -2.20. The van der Waals surface area contributed by atoms with E-state index in [-0.39, 0.29) is 29.6 Å². The first-order valence-electron chi connectivity index (χ1n) is 9.72. The molecule has 1 aliphatic rings. The zero-order valence-corrected chi connectivity index (χ0v) is 17.1. The quantitative estimate of drug-likeness (QED) is 0.687. The molecule has 0 aromatic heterocycles. The van der Waals surface area contributed by atoms with Gasteiger partial charge in [0.2, 0.25) is 15.9 Å². The molecule has 2 rings (SSSR count). The van der Waals surface area contributed by atoms with E-state index in [0.29, 0.717) is 11.5 Å². The van der Waals surface area contributed by atoms with E-state index in [2.05, 4.69) is 11.6 Å². The van der Waals surface area contributed by atoms with Gasteiger partial charge in [0, 0.05) is 31.6 Å². The van der Waals surface area contributed by atoms with Gasteiger partial charge >= 0.3 is 0 Å². The minimum atomic E-state index is -3.68. The highest BCUT2D eigenvalue weighted by Crippen LogP contribution is 2.22. The van der Waals surface area contributed by atoms with Crippen LogP contribution >= 0.6 is 0 Å². The molecule has 1 unspecified atom stereocenters. The maximum Gasteiger partial charge on any atom is 0.240 e. The van der Waals surface area contributed by atoms with E-state index in [9.17, 15) is 18.0 Å². The fraction of sp³-hybridized carbons (Fsp3) is 0.600. The molecule has 0 saturated carbocycles. The van der Waals surface area contributed by atoms with Crippen LogP contribution in [0.15, 0.2) is 29.2 Å². The van der Waals surface area contributed by atoms with E-state index in [1.165, 1.54) is 50.5 Å². The van der Waals surface area contributed by atoms with Crippen molar-refractivity contribution in [1.82, 2.24) is 9.62 Å². The van der Waals surface area contributed by atoms with Gasteiger partial charge in [0.1, 0.15) is 0 Å². The van der Waals surface area contributed by atoms with Gasteiger partial charge in [0.05, 0.1) is 4.90 Å². The third-order valence-corrected chi connectivity index (χ3v) is 6.58. The number of nitrogens with one attached hydrogen (secondary N) is 1. The van der Waals surface area contributed by atoms with Crippen molar-refractivity contribution in [3.63, 3.8) is 0 Å². The minimum Gasteiger partial charge on any atom is -0.343 e. The maximum absolute atomic E-state index is 12.4. The summed E-state index contributed by atoms with van der Waals surface area (Å²) in [7, 11) is -3.68. The second kappa shape index (κ2) is 9.99. The summed E-state index contributed by atoms with van der Waals surface area (Å²) in [5.74, 6) is 0.585. The van der Waals surface area contributed by atoms with Crippen LogP contribution in [-0.2, 0) is 14.8 Å². The van der Waals surface area contributed by atoms with Crippen molar-refractivity contribution in [2.75, 3.05) is 19.6 Å². The molecule has 1 amide bonds. The molecule has 1 atom stereocenters. The first-order chi connectivity index (χ1) is 12.8. The van der Waals surface area contributed by atoms with E-state index < -0.39 is 10.0 Å². The molecule has 150 valence electrons. The van der Waals surface area contributed by atoms with E-state index in [1.807, 2.05) is 4.90 Å². The van der Waals surface area contributed by atoms with Gasteiger partial charge in [-0.25, -0.2) is 13.1 Å². The molecule has 0 spiro atoms. The fourth-order valence-corrected chi connectivity index (χ4v) is 4.55. The summed E-state index contributed by atoms with van der Waals surface area (Å²) in [6.45, 7) is 5.22. The van der Waals surface area contributed by atoms with Crippen LogP contribution in [0.5, 0.6) is 0 Å². The van der Waals surface area contributed by atoms with Crippen LogP contribution in [0.2, 0.25) is 0 Å². The smallest absolute Gasteiger partial charge is 0.240 e. The zero-order valence-electron chi connectivity index (χ0n) is 16.2. The normalized spacial score (nSPS) is 18.1. The highest BCUT2D eigenvalue weighted by molar-refractivity contribution is 7.89. The summed E-state index contributed by atoms with van der Waals surface area (Å²) in [6.07, 6.45) is 5.76. The van der Waals surface area contributed by atoms with Crippen LogP contribution < -0.4 is 4.72 Å². The van der Waals surface area contributed by atoms with Gasteiger partial charge in [-0.3, -0.25) is 9.59 Å². The van der Waals surface area contributed by atoms with Gasteiger partial charge in [-0.15, -0.1) is 0 Å². The molecule has 1 aromatic rings. The number of carbonyl (C=O) groups is 2. The Hall–Kier alpha value is -1.73. The number of hydrogen-bond donors (Lipinski definition) is 1. The molecule has 1 heterocycles. The number of likely N-dealkylation sites (tertiary alicyclic amines) is 1. The van der Waals surface area contributed by atoms with E-state index in [4.69, 9.17) is 0 Å². The van der Waals surface area contributed by atoms with E-state index in [1.54, 1.807) is 0 Å². The molecule has 1 saturated heterocycles. The summed E-state index contributed by atoms with van der Waals surface area (Å²) in [5.41, 5.74) is 0.465. The summed E-state index contributed by atoms with van der Waals surface area (Å²) < 4.78 is 27.1. The fourth-order valence-electron chi connectivity index (χ4n) is 3.51. The summed E-state index contributed by atoms with van der Waals surface area (Å²) >= 11 is 0. The molecule has 0 radical (unpaired) electrons. The molecule has 0 bridgehead atoms. The third-order valence-electron chi connectivity index (χ3n) is 5.10. The van der Waals surface area contributed by atoms with Gasteiger partial charge in [-0.05, 0) is 44.2 Å². The second-order valence-electron chi connectivity index (χ2n) is 7.19. The Labute approximate surface area is 162 Å². The number of benzene rings is 1. The maximum atomic E-state index is 12.4. The number of Topliss-reactive ketones (excluding diaryl/α,β-unsaturated/α-hetero) is 1. The van der Waals surface area contributed by atoms with Crippen molar-refractivity contribution < 1.29 is 18.0 Å². The minimum absolute atomic E-state index is 0.00164. The standard InChI is InChI=1S/C20H30N2O4S/c1-3-5-17-6-4-14-22(15-12-17)20(24)11-13-21-27(25,26)19-9-7-18(8-10-19)16(2)23/h7-10,17,21H,3-6,11-15H2,1-2H3. The number of ketones is 1. The Kier molecular flexibility index (Phi) is 7.98. The Morgan fingerprint density at radius 2 is 1.85 bits per heavy atom. The third kappa shape index (κ3) is 6.43. The van der Waals surface area contributed by atoms with Gasteiger partial charge in [-0.2, -0.15) is 0 Å². The van der Waals surface area contributed by atoms with Crippen molar-refractivity contribution in [3.8, 4) is 0 Å². The average Bonchev–Trinajstić information content (AvgIpc) is 2.87. The first kappa shape index (κ1) is 21.6.